The highest BCUT2D eigenvalue weighted by molar-refractivity contribution is 7.98. The van der Waals surface area contributed by atoms with Gasteiger partial charge in [-0.25, -0.2) is 4.98 Å². The van der Waals surface area contributed by atoms with Gasteiger partial charge in [0.2, 0.25) is 0 Å². The second kappa shape index (κ2) is 9.58. The molecule has 3 aromatic rings. The molecule has 5 nitrogen and oxygen atoms in total. The smallest absolute Gasteiger partial charge is 0.254 e. The van der Waals surface area contributed by atoms with Crippen LogP contribution in [0.4, 0.5) is 0 Å². The summed E-state index contributed by atoms with van der Waals surface area (Å²) in [6.07, 6.45) is 5.22. The second-order valence-electron chi connectivity index (χ2n) is 5.42. The van der Waals surface area contributed by atoms with Crippen molar-refractivity contribution in [3.05, 3.63) is 84.3 Å². The number of carbonyl (C=O) groups is 1. The average Bonchev–Trinajstić information content (AvgIpc) is 2.71. The first-order valence-electron chi connectivity index (χ1n) is 8.26. The summed E-state index contributed by atoms with van der Waals surface area (Å²) in [6.45, 7) is 0.840. The molecule has 0 aliphatic rings. The Bertz CT molecular complexity index is 829. The van der Waals surface area contributed by atoms with Crippen LogP contribution in [0.3, 0.4) is 0 Å². The lowest BCUT2D eigenvalue weighted by atomic mass is 10.2. The molecule has 0 atom stereocenters. The van der Waals surface area contributed by atoms with Crippen molar-refractivity contribution < 1.29 is 9.53 Å². The molecule has 3 rings (SSSR count). The zero-order valence-electron chi connectivity index (χ0n) is 14.2. The third-order valence-electron chi connectivity index (χ3n) is 3.54. The van der Waals surface area contributed by atoms with Gasteiger partial charge in [-0.1, -0.05) is 18.2 Å². The van der Waals surface area contributed by atoms with E-state index < -0.39 is 0 Å². The van der Waals surface area contributed by atoms with Gasteiger partial charge in [-0.2, -0.15) is 0 Å². The van der Waals surface area contributed by atoms with Crippen molar-refractivity contribution in [3.63, 3.8) is 0 Å². The van der Waals surface area contributed by atoms with Gasteiger partial charge in [0.1, 0.15) is 17.4 Å². The summed E-state index contributed by atoms with van der Waals surface area (Å²) in [7, 11) is 0. The molecule has 0 aliphatic carbocycles. The molecule has 0 saturated heterocycles. The third kappa shape index (κ3) is 5.32. The maximum atomic E-state index is 12.5. The summed E-state index contributed by atoms with van der Waals surface area (Å²) in [5.41, 5.74) is 1.71. The van der Waals surface area contributed by atoms with Crippen LogP contribution in [0.1, 0.15) is 15.9 Å². The molecule has 0 aliphatic heterocycles. The van der Waals surface area contributed by atoms with Gasteiger partial charge >= 0.3 is 0 Å². The summed E-state index contributed by atoms with van der Waals surface area (Å²) >= 11 is 1.53. The van der Waals surface area contributed by atoms with Gasteiger partial charge in [-0.15, -0.1) is 11.8 Å². The molecular weight excluding hydrogens is 346 g/mol. The Morgan fingerprint density at radius 1 is 1.00 bits per heavy atom. The summed E-state index contributed by atoms with van der Waals surface area (Å²) in [6, 6.07) is 17.0. The fraction of sp³-hybridized carbons (Fsp3) is 0.150. The standard InChI is InChI=1S/C20H19N3O2S/c24-19(22-13-14-25-17-5-2-1-3-6-17)18-7-4-10-23-20(18)26-15-16-8-11-21-12-9-16/h1-12H,13-15H2,(H,22,24). The minimum Gasteiger partial charge on any atom is -0.492 e. The van der Waals surface area contributed by atoms with E-state index in [-0.39, 0.29) is 5.91 Å². The molecule has 132 valence electrons. The lowest BCUT2D eigenvalue weighted by Gasteiger charge is -2.10. The van der Waals surface area contributed by atoms with Gasteiger partial charge in [-0.05, 0) is 42.0 Å². The topological polar surface area (TPSA) is 64.1 Å². The number of ether oxygens (including phenoxy) is 1. The SMILES string of the molecule is O=C(NCCOc1ccccc1)c1cccnc1SCc1ccncc1. The number of nitrogens with one attached hydrogen (secondary N) is 1. The Labute approximate surface area is 156 Å². The molecular formula is C20H19N3O2S. The van der Waals surface area contributed by atoms with Crippen LogP contribution >= 0.6 is 11.8 Å². The van der Waals surface area contributed by atoms with Crippen LogP contribution in [0.15, 0.2) is 78.2 Å². The molecule has 1 amide bonds. The monoisotopic (exact) mass is 365 g/mol. The van der Waals surface area contributed by atoms with E-state index in [0.29, 0.717) is 23.7 Å². The number of para-hydroxylation sites is 1. The van der Waals surface area contributed by atoms with E-state index in [1.165, 1.54) is 11.8 Å². The van der Waals surface area contributed by atoms with Crippen LogP contribution in [-0.4, -0.2) is 29.0 Å². The fourth-order valence-electron chi connectivity index (χ4n) is 2.25. The first-order chi connectivity index (χ1) is 12.8. The minimum atomic E-state index is -0.146. The van der Waals surface area contributed by atoms with E-state index in [0.717, 1.165) is 17.1 Å². The lowest BCUT2D eigenvalue weighted by Crippen LogP contribution is -2.28. The Morgan fingerprint density at radius 3 is 2.62 bits per heavy atom. The molecule has 0 spiro atoms. The van der Waals surface area contributed by atoms with Crippen molar-refractivity contribution in [3.8, 4) is 5.75 Å². The number of hydrogen-bond acceptors (Lipinski definition) is 5. The maximum Gasteiger partial charge on any atom is 0.254 e. The van der Waals surface area contributed by atoms with Crippen molar-refractivity contribution >= 4 is 17.7 Å². The maximum absolute atomic E-state index is 12.5. The number of nitrogens with zero attached hydrogens (tertiary/aromatic N) is 2. The summed E-state index contributed by atoms with van der Waals surface area (Å²) in [5.74, 6) is 1.38. The van der Waals surface area contributed by atoms with Crippen molar-refractivity contribution in [2.45, 2.75) is 10.8 Å². The van der Waals surface area contributed by atoms with Gasteiger partial charge < -0.3 is 10.1 Å². The van der Waals surface area contributed by atoms with E-state index in [1.807, 2.05) is 42.5 Å². The molecule has 0 bridgehead atoms. The number of benzene rings is 1. The number of pyridine rings is 2. The number of rotatable bonds is 8. The van der Waals surface area contributed by atoms with E-state index in [2.05, 4.69) is 15.3 Å². The molecule has 1 aromatic carbocycles. The molecule has 0 fully saturated rings. The van der Waals surface area contributed by atoms with E-state index in [1.54, 1.807) is 30.7 Å². The Balaban J connectivity index is 1.52. The third-order valence-corrected chi connectivity index (χ3v) is 4.62. The molecule has 2 aromatic heterocycles. The predicted octanol–water partition coefficient (Wildman–Crippen LogP) is 3.58. The second-order valence-corrected chi connectivity index (χ2v) is 6.38. The summed E-state index contributed by atoms with van der Waals surface area (Å²) in [5, 5.41) is 3.59. The Kier molecular flexibility index (Phi) is 6.61. The zero-order valence-corrected chi connectivity index (χ0v) is 15.0. The van der Waals surface area contributed by atoms with Crippen molar-refractivity contribution in [1.29, 1.82) is 0 Å². The number of aromatic nitrogens is 2. The van der Waals surface area contributed by atoms with Crippen LogP contribution < -0.4 is 10.1 Å². The van der Waals surface area contributed by atoms with Crippen LogP contribution in [0.5, 0.6) is 5.75 Å². The van der Waals surface area contributed by atoms with Crippen LogP contribution in [0.2, 0.25) is 0 Å². The number of carbonyl (C=O) groups excluding carboxylic acids is 1. The van der Waals surface area contributed by atoms with E-state index >= 15 is 0 Å². The fourth-order valence-corrected chi connectivity index (χ4v) is 3.20. The molecule has 2 heterocycles. The van der Waals surface area contributed by atoms with Crippen molar-refractivity contribution in [1.82, 2.24) is 15.3 Å². The molecule has 0 radical (unpaired) electrons. The number of hydrogen-bond donors (Lipinski definition) is 1. The van der Waals surface area contributed by atoms with Crippen molar-refractivity contribution in [2.75, 3.05) is 13.2 Å². The Hall–Kier alpha value is -2.86. The predicted molar refractivity (Wildman–Crippen MR) is 102 cm³/mol. The van der Waals surface area contributed by atoms with Gasteiger partial charge in [0.15, 0.2) is 0 Å². The van der Waals surface area contributed by atoms with E-state index in [9.17, 15) is 4.79 Å². The molecule has 1 N–H and O–H groups in total. The lowest BCUT2D eigenvalue weighted by molar-refractivity contribution is 0.0943. The first-order valence-corrected chi connectivity index (χ1v) is 9.24. The van der Waals surface area contributed by atoms with Gasteiger partial charge in [0.25, 0.3) is 5.91 Å². The first kappa shape index (κ1) is 17.9. The van der Waals surface area contributed by atoms with Crippen LogP contribution in [-0.2, 0) is 5.75 Å². The van der Waals surface area contributed by atoms with Gasteiger partial charge in [-0.3, -0.25) is 9.78 Å². The minimum absolute atomic E-state index is 0.146. The Morgan fingerprint density at radius 2 is 1.81 bits per heavy atom. The molecule has 26 heavy (non-hydrogen) atoms. The highest BCUT2D eigenvalue weighted by Gasteiger charge is 2.12. The van der Waals surface area contributed by atoms with Gasteiger partial charge in [0, 0.05) is 24.3 Å². The summed E-state index contributed by atoms with van der Waals surface area (Å²) < 4.78 is 5.59. The number of amides is 1. The van der Waals surface area contributed by atoms with Gasteiger partial charge in [0.05, 0.1) is 12.1 Å². The molecule has 0 saturated carbocycles. The van der Waals surface area contributed by atoms with E-state index in [4.69, 9.17) is 4.74 Å². The normalized spacial score (nSPS) is 10.3. The highest BCUT2D eigenvalue weighted by atomic mass is 32.2. The largest absolute Gasteiger partial charge is 0.492 e. The molecule has 0 unspecified atom stereocenters. The van der Waals surface area contributed by atoms with Crippen molar-refractivity contribution in [2.24, 2.45) is 0 Å². The quantitative estimate of drug-likeness (QED) is 0.488. The molecule has 6 heteroatoms. The zero-order chi connectivity index (χ0) is 18.0. The number of thioether (sulfide) groups is 1. The van der Waals surface area contributed by atoms with Crippen LogP contribution in [0, 0.1) is 0 Å². The summed E-state index contributed by atoms with van der Waals surface area (Å²) in [4.78, 5) is 20.8. The average molecular weight is 365 g/mol. The van der Waals surface area contributed by atoms with Crippen LogP contribution in [0.25, 0.3) is 0 Å². The highest BCUT2D eigenvalue weighted by Crippen LogP contribution is 2.23.